The number of ether oxygens (including phenoxy) is 2. The molecule has 1 N–H and O–H groups in total. The summed E-state index contributed by atoms with van der Waals surface area (Å²) in [5.41, 5.74) is 1.30. The number of carbonyl (C=O) groups is 1. The summed E-state index contributed by atoms with van der Waals surface area (Å²) in [5.74, 6) is 0.833. The van der Waals surface area contributed by atoms with Crippen LogP contribution < -0.4 is 15.0 Å². The number of pyridine rings is 1. The molecule has 0 unspecified atom stereocenters. The monoisotopic (exact) mass is 420 g/mol. The van der Waals surface area contributed by atoms with E-state index in [4.69, 9.17) is 9.47 Å². The number of anilines is 2. The number of nitrogens with one attached hydrogen (secondary N) is 1. The van der Waals surface area contributed by atoms with E-state index >= 15 is 0 Å². The molecule has 0 spiro atoms. The SMILES string of the molecule is O=C(Nc1ccc(Oc2ccncc2)cc1)c1cc([N+](=O)[O-])ccc1N1CCOCC1. The van der Waals surface area contributed by atoms with Gasteiger partial charge in [0.15, 0.2) is 0 Å². The third kappa shape index (κ3) is 4.96. The highest BCUT2D eigenvalue weighted by Crippen LogP contribution is 2.28. The first kappa shape index (κ1) is 20.3. The van der Waals surface area contributed by atoms with Crippen molar-refractivity contribution in [2.45, 2.75) is 0 Å². The van der Waals surface area contributed by atoms with Crippen molar-refractivity contribution in [3.63, 3.8) is 0 Å². The maximum atomic E-state index is 13.0. The van der Waals surface area contributed by atoms with E-state index in [1.807, 2.05) is 4.90 Å². The minimum atomic E-state index is -0.509. The van der Waals surface area contributed by atoms with Crippen LogP contribution in [0, 0.1) is 10.1 Å². The van der Waals surface area contributed by atoms with Gasteiger partial charge in [-0.05, 0) is 42.5 Å². The van der Waals surface area contributed by atoms with Crippen LogP contribution in [0.5, 0.6) is 11.5 Å². The van der Waals surface area contributed by atoms with Crippen LogP contribution in [0.1, 0.15) is 10.4 Å². The van der Waals surface area contributed by atoms with Crippen molar-refractivity contribution in [1.82, 2.24) is 4.98 Å². The van der Waals surface area contributed by atoms with Crippen LogP contribution in [0.25, 0.3) is 0 Å². The fraction of sp³-hybridized carbons (Fsp3) is 0.182. The molecular formula is C22H20N4O5. The van der Waals surface area contributed by atoms with Gasteiger partial charge in [0, 0.05) is 43.3 Å². The Morgan fingerprint density at radius 1 is 1.03 bits per heavy atom. The molecule has 158 valence electrons. The molecule has 2 heterocycles. The number of nitro groups is 1. The Bertz CT molecular complexity index is 1070. The predicted molar refractivity (Wildman–Crippen MR) is 115 cm³/mol. The van der Waals surface area contributed by atoms with E-state index in [-0.39, 0.29) is 11.3 Å². The van der Waals surface area contributed by atoms with Crippen LogP contribution in [-0.4, -0.2) is 42.1 Å². The van der Waals surface area contributed by atoms with Crippen molar-refractivity contribution in [2.75, 3.05) is 36.5 Å². The minimum absolute atomic E-state index is 0.136. The van der Waals surface area contributed by atoms with Crippen LogP contribution in [0.2, 0.25) is 0 Å². The Labute approximate surface area is 178 Å². The number of rotatable bonds is 6. The van der Waals surface area contributed by atoms with Gasteiger partial charge in [0.1, 0.15) is 11.5 Å². The molecule has 3 aromatic rings. The lowest BCUT2D eigenvalue weighted by Crippen LogP contribution is -2.37. The molecule has 1 aliphatic heterocycles. The number of amides is 1. The molecule has 0 radical (unpaired) electrons. The molecule has 31 heavy (non-hydrogen) atoms. The normalized spacial score (nSPS) is 13.5. The lowest BCUT2D eigenvalue weighted by atomic mass is 10.1. The van der Waals surface area contributed by atoms with E-state index < -0.39 is 10.8 Å². The number of morpholine rings is 1. The number of nitro benzene ring substituents is 1. The molecule has 1 saturated heterocycles. The first-order chi connectivity index (χ1) is 15.1. The summed E-state index contributed by atoms with van der Waals surface area (Å²) < 4.78 is 11.1. The Balaban J connectivity index is 1.53. The smallest absolute Gasteiger partial charge is 0.270 e. The fourth-order valence-electron chi connectivity index (χ4n) is 3.25. The van der Waals surface area contributed by atoms with Gasteiger partial charge in [-0.1, -0.05) is 0 Å². The number of benzene rings is 2. The second-order valence-corrected chi connectivity index (χ2v) is 6.82. The first-order valence-electron chi connectivity index (χ1n) is 9.70. The third-order valence-electron chi connectivity index (χ3n) is 4.78. The summed E-state index contributed by atoms with van der Waals surface area (Å²) in [4.78, 5) is 29.7. The van der Waals surface area contributed by atoms with E-state index in [0.29, 0.717) is 49.2 Å². The maximum absolute atomic E-state index is 13.0. The van der Waals surface area contributed by atoms with Gasteiger partial charge in [0.05, 0.1) is 29.4 Å². The zero-order valence-corrected chi connectivity index (χ0v) is 16.6. The molecule has 0 aliphatic carbocycles. The van der Waals surface area contributed by atoms with E-state index in [1.54, 1.807) is 54.9 Å². The van der Waals surface area contributed by atoms with Crippen molar-refractivity contribution in [1.29, 1.82) is 0 Å². The van der Waals surface area contributed by atoms with E-state index in [2.05, 4.69) is 10.3 Å². The quantitative estimate of drug-likeness (QED) is 0.476. The van der Waals surface area contributed by atoms with Crippen molar-refractivity contribution >= 4 is 23.0 Å². The molecule has 0 atom stereocenters. The average Bonchev–Trinajstić information content (AvgIpc) is 2.81. The van der Waals surface area contributed by atoms with Crippen molar-refractivity contribution in [3.05, 3.63) is 82.7 Å². The Kier molecular flexibility index (Phi) is 6.04. The van der Waals surface area contributed by atoms with Crippen molar-refractivity contribution < 1.29 is 19.2 Å². The summed E-state index contributed by atoms with van der Waals surface area (Å²) in [6.45, 7) is 2.30. The van der Waals surface area contributed by atoms with Crippen molar-refractivity contribution in [3.8, 4) is 11.5 Å². The van der Waals surface area contributed by atoms with Gasteiger partial charge < -0.3 is 19.7 Å². The van der Waals surface area contributed by atoms with Crippen LogP contribution in [0.15, 0.2) is 67.0 Å². The van der Waals surface area contributed by atoms with Crippen molar-refractivity contribution in [2.24, 2.45) is 0 Å². The molecule has 4 rings (SSSR count). The highest BCUT2D eigenvalue weighted by atomic mass is 16.6. The van der Waals surface area contributed by atoms with Gasteiger partial charge in [-0.3, -0.25) is 19.9 Å². The molecular weight excluding hydrogens is 400 g/mol. The summed E-state index contributed by atoms with van der Waals surface area (Å²) in [7, 11) is 0. The number of hydrogen-bond acceptors (Lipinski definition) is 7. The summed E-state index contributed by atoms with van der Waals surface area (Å²) in [6.07, 6.45) is 3.27. The van der Waals surface area contributed by atoms with Gasteiger partial charge in [-0.25, -0.2) is 0 Å². The fourth-order valence-corrected chi connectivity index (χ4v) is 3.25. The second-order valence-electron chi connectivity index (χ2n) is 6.82. The van der Waals surface area contributed by atoms with Gasteiger partial charge >= 0.3 is 0 Å². The third-order valence-corrected chi connectivity index (χ3v) is 4.78. The lowest BCUT2D eigenvalue weighted by molar-refractivity contribution is -0.384. The molecule has 1 amide bonds. The van der Waals surface area contributed by atoms with Gasteiger partial charge in [-0.15, -0.1) is 0 Å². The summed E-state index contributed by atoms with van der Waals surface area (Å²) in [6, 6.07) is 14.7. The standard InChI is InChI=1S/C22H20N4O5/c27-22(24-16-1-4-18(5-2-16)31-19-7-9-23-10-8-19)20-15-17(26(28)29)3-6-21(20)25-11-13-30-14-12-25/h1-10,15H,11-14H2,(H,24,27). The number of non-ortho nitro benzene ring substituents is 1. The van der Waals surface area contributed by atoms with E-state index in [0.717, 1.165) is 0 Å². The molecule has 2 aromatic carbocycles. The lowest BCUT2D eigenvalue weighted by Gasteiger charge is -2.30. The highest BCUT2D eigenvalue weighted by Gasteiger charge is 2.22. The zero-order chi connectivity index (χ0) is 21.6. The molecule has 0 saturated carbocycles. The largest absolute Gasteiger partial charge is 0.457 e. The second kappa shape index (κ2) is 9.23. The van der Waals surface area contributed by atoms with E-state index in [1.165, 1.54) is 12.1 Å². The number of hydrogen-bond donors (Lipinski definition) is 1. The maximum Gasteiger partial charge on any atom is 0.270 e. The van der Waals surface area contributed by atoms with Gasteiger partial charge in [0.25, 0.3) is 11.6 Å². The molecule has 1 aliphatic rings. The Morgan fingerprint density at radius 3 is 2.39 bits per heavy atom. The highest BCUT2D eigenvalue weighted by molar-refractivity contribution is 6.08. The number of nitrogens with zero attached hydrogens (tertiary/aromatic N) is 3. The van der Waals surface area contributed by atoms with Crippen LogP contribution in [-0.2, 0) is 4.74 Å². The molecule has 1 aromatic heterocycles. The molecule has 0 bridgehead atoms. The summed E-state index contributed by atoms with van der Waals surface area (Å²) >= 11 is 0. The Hall–Kier alpha value is -3.98. The molecule has 1 fully saturated rings. The van der Waals surface area contributed by atoms with Crippen LogP contribution >= 0.6 is 0 Å². The van der Waals surface area contributed by atoms with Crippen LogP contribution in [0.4, 0.5) is 17.1 Å². The molecule has 9 heteroatoms. The minimum Gasteiger partial charge on any atom is -0.457 e. The first-order valence-corrected chi connectivity index (χ1v) is 9.70. The number of aromatic nitrogens is 1. The van der Waals surface area contributed by atoms with E-state index in [9.17, 15) is 14.9 Å². The van der Waals surface area contributed by atoms with Gasteiger partial charge in [-0.2, -0.15) is 0 Å². The van der Waals surface area contributed by atoms with Gasteiger partial charge in [0.2, 0.25) is 0 Å². The zero-order valence-electron chi connectivity index (χ0n) is 16.6. The topological polar surface area (TPSA) is 107 Å². The average molecular weight is 420 g/mol. The van der Waals surface area contributed by atoms with Crippen LogP contribution in [0.3, 0.4) is 0 Å². The number of carbonyl (C=O) groups excluding carboxylic acids is 1. The molecule has 9 nitrogen and oxygen atoms in total. The Morgan fingerprint density at radius 2 is 1.71 bits per heavy atom. The summed E-state index contributed by atoms with van der Waals surface area (Å²) in [5, 5.41) is 14.0. The predicted octanol–water partition coefficient (Wildman–Crippen LogP) is 3.87.